The highest BCUT2D eigenvalue weighted by Gasteiger charge is 2.31. The highest BCUT2D eigenvalue weighted by Crippen LogP contribution is 2.33. The van der Waals surface area contributed by atoms with Crippen LogP contribution in [-0.2, 0) is 28.8 Å². The molecule has 5 rings (SSSR count). The lowest BCUT2D eigenvalue weighted by Crippen LogP contribution is -2.44. The maximum absolute atomic E-state index is 13.8. The van der Waals surface area contributed by atoms with Crippen LogP contribution >= 0.6 is 0 Å². The molecule has 0 unspecified atom stereocenters. The number of rotatable bonds is 11. The van der Waals surface area contributed by atoms with Crippen molar-refractivity contribution in [2.24, 2.45) is 0 Å². The minimum atomic E-state index is -4.52. The van der Waals surface area contributed by atoms with E-state index in [2.05, 4.69) is 4.90 Å². The molecule has 0 bridgehead atoms. The Bertz CT molecular complexity index is 1340. The van der Waals surface area contributed by atoms with E-state index in [-0.39, 0.29) is 44.4 Å². The van der Waals surface area contributed by atoms with E-state index in [1.54, 1.807) is 29.2 Å². The van der Waals surface area contributed by atoms with Crippen molar-refractivity contribution in [3.8, 4) is 11.5 Å². The minimum absolute atomic E-state index is 0.0792. The van der Waals surface area contributed by atoms with Gasteiger partial charge in [-0.2, -0.15) is 13.2 Å². The standard InChI is InChI=1S/C30H32F3N3O6/c31-30(32,33)24-7-5-23(6-8-24)29(38)35(11-2-10-34-12-15-39-16-13-34)20-28(37)36(19-25-3-1-14-40-25)18-22-4-9-26-27(17-22)42-21-41-26/h1,3-9,14,17H,2,10-13,15-16,18-21H2. The van der Waals surface area contributed by atoms with Crippen LogP contribution in [0.2, 0.25) is 0 Å². The Labute approximate surface area is 241 Å². The van der Waals surface area contributed by atoms with Crippen LogP contribution in [0.15, 0.2) is 65.3 Å². The number of hydrogen-bond donors (Lipinski definition) is 0. The van der Waals surface area contributed by atoms with Gasteiger partial charge in [0.25, 0.3) is 5.91 Å². The monoisotopic (exact) mass is 587 g/mol. The number of ether oxygens (including phenoxy) is 3. The van der Waals surface area contributed by atoms with Crippen molar-refractivity contribution >= 4 is 11.8 Å². The van der Waals surface area contributed by atoms with E-state index < -0.39 is 17.6 Å². The van der Waals surface area contributed by atoms with Gasteiger partial charge in [0.05, 0.1) is 31.6 Å². The highest BCUT2D eigenvalue weighted by molar-refractivity contribution is 5.96. The number of amides is 2. The van der Waals surface area contributed by atoms with Crippen LogP contribution in [0.1, 0.15) is 33.7 Å². The molecule has 1 saturated heterocycles. The summed E-state index contributed by atoms with van der Waals surface area (Å²) in [5.74, 6) is 0.921. The number of morpholine rings is 1. The molecule has 224 valence electrons. The average molecular weight is 588 g/mol. The number of halogens is 3. The average Bonchev–Trinajstić information content (AvgIpc) is 3.68. The van der Waals surface area contributed by atoms with Gasteiger partial charge in [-0.15, -0.1) is 0 Å². The first-order chi connectivity index (χ1) is 20.3. The summed E-state index contributed by atoms with van der Waals surface area (Å²) in [6, 6.07) is 13.0. The fourth-order valence-electron chi connectivity index (χ4n) is 4.89. The van der Waals surface area contributed by atoms with Gasteiger partial charge in [0.15, 0.2) is 11.5 Å². The summed E-state index contributed by atoms with van der Waals surface area (Å²) in [6.45, 7) is 4.01. The van der Waals surface area contributed by atoms with Crippen molar-refractivity contribution in [1.82, 2.24) is 14.7 Å². The fourth-order valence-corrected chi connectivity index (χ4v) is 4.89. The Morgan fingerprint density at radius 1 is 0.905 bits per heavy atom. The molecule has 2 amide bonds. The third-order valence-electron chi connectivity index (χ3n) is 7.17. The third kappa shape index (κ3) is 7.62. The lowest BCUT2D eigenvalue weighted by atomic mass is 10.1. The summed E-state index contributed by atoms with van der Waals surface area (Å²) >= 11 is 0. The maximum atomic E-state index is 13.8. The lowest BCUT2D eigenvalue weighted by Gasteiger charge is -2.30. The summed E-state index contributed by atoms with van der Waals surface area (Å²) in [5.41, 5.74) is 0.0324. The van der Waals surface area contributed by atoms with Gasteiger partial charge in [-0.25, -0.2) is 0 Å². The molecule has 0 saturated carbocycles. The molecule has 3 heterocycles. The molecule has 12 heteroatoms. The van der Waals surface area contributed by atoms with Crippen molar-refractivity contribution in [1.29, 1.82) is 0 Å². The van der Waals surface area contributed by atoms with Gasteiger partial charge in [0.2, 0.25) is 12.7 Å². The zero-order valence-corrected chi connectivity index (χ0v) is 23.0. The smallest absolute Gasteiger partial charge is 0.416 e. The zero-order valence-electron chi connectivity index (χ0n) is 23.0. The number of furan rings is 1. The number of fused-ring (bicyclic) bond motifs is 1. The van der Waals surface area contributed by atoms with E-state index in [4.69, 9.17) is 18.6 Å². The molecule has 9 nitrogen and oxygen atoms in total. The first-order valence-corrected chi connectivity index (χ1v) is 13.7. The van der Waals surface area contributed by atoms with Crippen molar-refractivity contribution in [2.45, 2.75) is 25.7 Å². The summed E-state index contributed by atoms with van der Waals surface area (Å²) in [5, 5.41) is 0. The van der Waals surface area contributed by atoms with Crippen LogP contribution in [0.4, 0.5) is 13.2 Å². The van der Waals surface area contributed by atoms with Crippen molar-refractivity contribution < 1.29 is 41.4 Å². The van der Waals surface area contributed by atoms with Crippen LogP contribution in [0.5, 0.6) is 11.5 Å². The van der Waals surface area contributed by atoms with Gasteiger partial charge < -0.3 is 28.4 Å². The van der Waals surface area contributed by atoms with E-state index >= 15 is 0 Å². The quantitative estimate of drug-likeness (QED) is 0.329. The number of hydrogen-bond acceptors (Lipinski definition) is 7. The largest absolute Gasteiger partial charge is 0.467 e. The van der Waals surface area contributed by atoms with Gasteiger partial charge in [-0.05, 0) is 60.5 Å². The molecule has 2 aliphatic heterocycles. The van der Waals surface area contributed by atoms with Crippen LogP contribution in [-0.4, -0.2) is 79.2 Å². The number of carbonyl (C=O) groups is 2. The molecule has 2 aliphatic rings. The number of benzene rings is 2. The topological polar surface area (TPSA) is 84.7 Å². The molecule has 0 radical (unpaired) electrons. The van der Waals surface area contributed by atoms with Crippen molar-refractivity contribution in [2.75, 3.05) is 52.7 Å². The molecule has 1 aromatic heterocycles. The van der Waals surface area contributed by atoms with E-state index in [1.807, 2.05) is 6.07 Å². The summed E-state index contributed by atoms with van der Waals surface area (Å²) in [4.78, 5) is 32.5. The van der Waals surface area contributed by atoms with Crippen molar-refractivity contribution in [3.05, 3.63) is 83.3 Å². The normalized spacial score (nSPS) is 15.0. The van der Waals surface area contributed by atoms with E-state index in [1.165, 1.54) is 11.2 Å². The fraction of sp³-hybridized carbons (Fsp3) is 0.400. The molecular formula is C30H32F3N3O6. The molecular weight excluding hydrogens is 555 g/mol. The Morgan fingerprint density at radius 3 is 2.38 bits per heavy atom. The van der Waals surface area contributed by atoms with E-state index in [0.717, 1.165) is 42.9 Å². The van der Waals surface area contributed by atoms with E-state index in [0.29, 0.717) is 43.4 Å². The zero-order chi connectivity index (χ0) is 29.5. The SMILES string of the molecule is O=C(CN(CCCN1CCOCC1)C(=O)c1ccc(C(F)(F)F)cc1)N(Cc1ccc2c(c1)OCO2)Cc1ccco1. The van der Waals surface area contributed by atoms with Crippen LogP contribution in [0, 0.1) is 0 Å². The third-order valence-corrected chi connectivity index (χ3v) is 7.17. The van der Waals surface area contributed by atoms with Gasteiger partial charge in [0, 0.05) is 38.3 Å². The number of carbonyl (C=O) groups excluding carboxylic acids is 2. The Hall–Kier alpha value is -4.03. The molecule has 0 spiro atoms. The molecule has 1 fully saturated rings. The summed E-state index contributed by atoms with van der Waals surface area (Å²) in [6.07, 6.45) is -2.42. The second-order valence-electron chi connectivity index (χ2n) is 10.1. The highest BCUT2D eigenvalue weighted by atomic mass is 19.4. The predicted octanol–water partition coefficient (Wildman–Crippen LogP) is 4.42. The Balaban J connectivity index is 1.33. The van der Waals surface area contributed by atoms with Crippen LogP contribution < -0.4 is 9.47 Å². The van der Waals surface area contributed by atoms with Gasteiger partial charge in [0.1, 0.15) is 12.3 Å². The lowest BCUT2D eigenvalue weighted by molar-refractivity contribution is -0.137. The second kappa shape index (κ2) is 13.3. The molecule has 0 aliphatic carbocycles. The molecule has 42 heavy (non-hydrogen) atoms. The number of nitrogens with zero attached hydrogens (tertiary/aromatic N) is 3. The molecule has 2 aromatic carbocycles. The van der Waals surface area contributed by atoms with E-state index in [9.17, 15) is 22.8 Å². The second-order valence-corrected chi connectivity index (χ2v) is 10.1. The van der Waals surface area contributed by atoms with Gasteiger partial charge in [-0.3, -0.25) is 14.5 Å². The predicted molar refractivity (Wildman–Crippen MR) is 145 cm³/mol. The first-order valence-electron chi connectivity index (χ1n) is 13.7. The van der Waals surface area contributed by atoms with Crippen molar-refractivity contribution in [3.63, 3.8) is 0 Å². The summed E-state index contributed by atoms with van der Waals surface area (Å²) < 4.78 is 61.1. The van der Waals surface area contributed by atoms with Crippen LogP contribution in [0.25, 0.3) is 0 Å². The van der Waals surface area contributed by atoms with Gasteiger partial charge >= 0.3 is 6.18 Å². The van der Waals surface area contributed by atoms with Crippen LogP contribution in [0.3, 0.4) is 0 Å². The van der Waals surface area contributed by atoms with Gasteiger partial charge in [-0.1, -0.05) is 6.07 Å². The summed E-state index contributed by atoms with van der Waals surface area (Å²) in [7, 11) is 0. The molecule has 0 atom stereocenters. The first kappa shape index (κ1) is 29.5. The molecule has 0 N–H and O–H groups in total. The Morgan fingerprint density at radius 2 is 1.67 bits per heavy atom. The minimum Gasteiger partial charge on any atom is -0.467 e. The Kier molecular flexibility index (Phi) is 9.33. The number of alkyl halides is 3. The maximum Gasteiger partial charge on any atom is 0.416 e. The molecule has 3 aromatic rings.